The third kappa shape index (κ3) is 4.69. The normalized spacial score (nSPS) is 10.6. The molecule has 1 N–H and O–H groups in total. The van der Waals surface area contributed by atoms with Crippen LogP contribution in [-0.4, -0.2) is 38.0 Å². The van der Waals surface area contributed by atoms with Crippen LogP contribution in [0.1, 0.15) is 18.2 Å². The first-order valence-electron chi connectivity index (χ1n) is 7.28. The molecular formula is C16H19N3O4S. The number of methoxy groups -OCH3 is 2. The van der Waals surface area contributed by atoms with Crippen molar-refractivity contribution in [3.8, 4) is 11.5 Å². The highest BCUT2D eigenvalue weighted by atomic mass is 32.1. The summed E-state index contributed by atoms with van der Waals surface area (Å²) in [6.07, 6.45) is 1.77. The van der Waals surface area contributed by atoms with Gasteiger partial charge in [0.25, 0.3) is 0 Å². The maximum absolute atomic E-state index is 11.4. The molecule has 128 valence electrons. The highest BCUT2D eigenvalue weighted by molar-refractivity contribution is 7.13. The molecule has 0 aliphatic rings. The summed E-state index contributed by atoms with van der Waals surface area (Å²) in [7, 11) is 3.16. The van der Waals surface area contributed by atoms with Crippen molar-refractivity contribution < 1.29 is 19.0 Å². The molecule has 0 aliphatic carbocycles. The number of carbonyl (C=O) groups excluding carboxylic acids is 1. The summed E-state index contributed by atoms with van der Waals surface area (Å²) in [5.74, 6) is 0.944. The van der Waals surface area contributed by atoms with E-state index in [1.165, 1.54) is 11.3 Å². The van der Waals surface area contributed by atoms with E-state index >= 15 is 0 Å². The van der Waals surface area contributed by atoms with Gasteiger partial charge in [0.05, 0.1) is 39.2 Å². The van der Waals surface area contributed by atoms with Gasteiger partial charge in [-0.25, -0.2) is 4.98 Å². The summed E-state index contributed by atoms with van der Waals surface area (Å²) < 4.78 is 15.5. The van der Waals surface area contributed by atoms with Crippen molar-refractivity contribution in [3.05, 3.63) is 34.8 Å². The molecule has 2 aromatic rings. The molecule has 7 nitrogen and oxygen atoms in total. The van der Waals surface area contributed by atoms with Crippen molar-refractivity contribution in [2.75, 3.05) is 26.3 Å². The molecule has 24 heavy (non-hydrogen) atoms. The fourth-order valence-corrected chi connectivity index (χ4v) is 2.63. The lowest BCUT2D eigenvalue weighted by molar-refractivity contribution is -0.142. The first-order valence-corrected chi connectivity index (χ1v) is 8.16. The average molecular weight is 349 g/mol. The van der Waals surface area contributed by atoms with Gasteiger partial charge < -0.3 is 14.2 Å². The van der Waals surface area contributed by atoms with Crippen LogP contribution in [-0.2, 0) is 16.0 Å². The van der Waals surface area contributed by atoms with E-state index in [2.05, 4.69) is 15.5 Å². The van der Waals surface area contributed by atoms with Crippen LogP contribution in [0.15, 0.2) is 28.7 Å². The minimum Gasteiger partial charge on any atom is -0.493 e. The van der Waals surface area contributed by atoms with Gasteiger partial charge in [0.1, 0.15) is 0 Å². The molecule has 1 aromatic carbocycles. The summed E-state index contributed by atoms with van der Waals surface area (Å²) in [5, 5.41) is 6.53. The second-order valence-electron chi connectivity index (χ2n) is 4.58. The van der Waals surface area contributed by atoms with Crippen LogP contribution in [0.3, 0.4) is 0 Å². The molecule has 0 unspecified atom stereocenters. The quantitative estimate of drug-likeness (QED) is 0.448. The van der Waals surface area contributed by atoms with Gasteiger partial charge in [-0.05, 0) is 19.1 Å². The number of anilines is 1. The molecule has 0 fully saturated rings. The highest BCUT2D eigenvalue weighted by Gasteiger charge is 2.09. The number of nitrogens with zero attached hydrogens (tertiary/aromatic N) is 2. The number of aromatic nitrogens is 1. The number of benzene rings is 1. The first kappa shape index (κ1) is 17.7. The van der Waals surface area contributed by atoms with Gasteiger partial charge in [-0.2, -0.15) is 5.10 Å². The minimum atomic E-state index is -0.293. The van der Waals surface area contributed by atoms with E-state index in [9.17, 15) is 4.79 Å². The largest absolute Gasteiger partial charge is 0.493 e. The predicted octanol–water partition coefficient (Wildman–Crippen LogP) is 2.71. The topological polar surface area (TPSA) is 82.0 Å². The Balaban J connectivity index is 2.00. The predicted molar refractivity (Wildman–Crippen MR) is 93.2 cm³/mol. The Morgan fingerprint density at radius 2 is 2.21 bits per heavy atom. The molecule has 0 aliphatic heterocycles. The van der Waals surface area contributed by atoms with E-state index in [1.54, 1.807) is 32.7 Å². The Kier molecular flexibility index (Phi) is 6.56. The molecule has 8 heteroatoms. The third-order valence-corrected chi connectivity index (χ3v) is 3.78. The molecular weight excluding hydrogens is 330 g/mol. The highest BCUT2D eigenvalue weighted by Crippen LogP contribution is 2.29. The van der Waals surface area contributed by atoms with Gasteiger partial charge in [-0.15, -0.1) is 11.3 Å². The number of rotatable bonds is 8. The van der Waals surface area contributed by atoms with Gasteiger partial charge in [-0.3, -0.25) is 10.2 Å². The Morgan fingerprint density at radius 3 is 2.92 bits per heavy atom. The minimum absolute atomic E-state index is 0.152. The zero-order chi connectivity index (χ0) is 17.4. The summed E-state index contributed by atoms with van der Waals surface area (Å²) in [6.45, 7) is 2.13. The van der Waals surface area contributed by atoms with Crippen LogP contribution in [0.4, 0.5) is 5.13 Å². The average Bonchev–Trinajstić information content (AvgIpc) is 3.01. The zero-order valence-corrected chi connectivity index (χ0v) is 14.6. The maximum atomic E-state index is 11.4. The van der Waals surface area contributed by atoms with Crippen LogP contribution < -0.4 is 14.9 Å². The molecule has 2 rings (SSSR count). The number of hydrogen-bond acceptors (Lipinski definition) is 8. The van der Waals surface area contributed by atoms with Crippen molar-refractivity contribution in [2.24, 2.45) is 5.10 Å². The standard InChI is InChI=1S/C16H19N3O4S/c1-4-23-14(20)8-12-10-24-16(18-12)19-17-9-11-6-5-7-13(21-2)15(11)22-3/h5-7,9-10H,4,8H2,1-3H3,(H,18,19)/b17-9-. The number of hydrogen-bond donors (Lipinski definition) is 1. The maximum Gasteiger partial charge on any atom is 0.311 e. The van der Waals surface area contributed by atoms with Gasteiger partial charge in [0, 0.05) is 10.9 Å². The van der Waals surface area contributed by atoms with Crippen LogP contribution in [0.25, 0.3) is 0 Å². The van der Waals surface area contributed by atoms with Crippen molar-refractivity contribution in [3.63, 3.8) is 0 Å². The molecule has 0 saturated carbocycles. The van der Waals surface area contributed by atoms with Crippen molar-refractivity contribution in [1.82, 2.24) is 4.98 Å². The van der Waals surface area contributed by atoms with Crippen molar-refractivity contribution >= 4 is 28.7 Å². The fourth-order valence-electron chi connectivity index (χ4n) is 1.97. The molecule has 1 heterocycles. The Labute approximate surface area is 144 Å². The van der Waals surface area contributed by atoms with Gasteiger partial charge in [0.15, 0.2) is 11.5 Å². The molecule has 0 radical (unpaired) electrons. The lowest BCUT2D eigenvalue weighted by Crippen LogP contribution is -2.07. The van der Waals surface area contributed by atoms with Gasteiger partial charge in [0.2, 0.25) is 5.13 Å². The van der Waals surface area contributed by atoms with E-state index in [0.717, 1.165) is 5.56 Å². The fraction of sp³-hybridized carbons (Fsp3) is 0.312. The second-order valence-corrected chi connectivity index (χ2v) is 5.44. The van der Waals surface area contributed by atoms with E-state index in [-0.39, 0.29) is 12.4 Å². The Hall–Kier alpha value is -2.61. The van der Waals surface area contributed by atoms with Crippen LogP contribution >= 0.6 is 11.3 Å². The molecule has 0 amide bonds. The SMILES string of the molecule is CCOC(=O)Cc1csc(N/N=C\c2cccc(OC)c2OC)n1. The summed E-state index contributed by atoms with van der Waals surface area (Å²) >= 11 is 1.36. The number of nitrogens with one attached hydrogen (secondary N) is 1. The lowest BCUT2D eigenvalue weighted by atomic mass is 10.2. The number of ether oxygens (including phenoxy) is 3. The number of carbonyl (C=O) groups is 1. The van der Waals surface area contributed by atoms with Gasteiger partial charge >= 0.3 is 5.97 Å². The van der Waals surface area contributed by atoms with E-state index < -0.39 is 0 Å². The number of para-hydroxylation sites is 1. The monoisotopic (exact) mass is 349 g/mol. The summed E-state index contributed by atoms with van der Waals surface area (Å²) in [5.41, 5.74) is 4.26. The molecule has 0 spiro atoms. The van der Waals surface area contributed by atoms with Crippen molar-refractivity contribution in [2.45, 2.75) is 13.3 Å². The van der Waals surface area contributed by atoms with Crippen LogP contribution in [0.2, 0.25) is 0 Å². The summed E-state index contributed by atoms with van der Waals surface area (Å²) in [4.78, 5) is 15.7. The smallest absolute Gasteiger partial charge is 0.311 e. The van der Waals surface area contributed by atoms with E-state index in [1.807, 2.05) is 18.2 Å². The van der Waals surface area contributed by atoms with E-state index in [0.29, 0.717) is 28.9 Å². The lowest BCUT2D eigenvalue weighted by Gasteiger charge is -2.09. The first-order chi connectivity index (χ1) is 11.7. The summed E-state index contributed by atoms with van der Waals surface area (Å²) in [6, 6.07) is 5.52. The second kappa shape index (κ2) is 8.88. The van der Waals surface area contributed by atoms with Crippen LogP contribution in [0, 0.1) is 0 Å². The van der Waals surface area contributed by atoms with E-state index in [4.69, 9.17) is 14.2 Å². The number of hydrazone groups is 1. The molecule has 0 atom stereocenters. The molecule has 0 saturated heterocycles. The van der Waals surface area contributed by atoms with Crippen LogP contribution in [0.5, 0.6) is 11.5 Å². The third-order valence-electron chi connectivity index (χ3n) is 2.98. The molecule has 0 bridgehead atoms. The molecule has 1 aromatic heterocycles. The Bertz CT molecular complexity index is 715. The zero-order valence-electron chi connectivity index (χ0n) is 13.7. The number of thiazole rings is 1. The number of esters is 1. The van der Waals surface area contributed by atoms with Crippen molar-refractivity contribution in [1.29, 1.82) is 0 Å². The Morgan fingerprint density at radius 1 is 1.38 bits per heavy atom. The van der Waals surface area contributed by atoms with Gasteiger partial charge in [-0.1, -0.05) is 6.07 Å².